The molecule has 61 heavy (non-hydrogen) atoms. The summed E-state index contributed by atoms with van der Waals surface area (Å²) in [6, 6.07) is 58.6. The molecular formula is C53H28N6S2. The van der Waals surface area contributed by atoms with Crippen LogP contribution in [0.1, 0.15) is 0 Å². The molecule has 0 aliphatic carbocycles. The molecule has 0 fully saturated rings. The van der Waals surface area contributed by atoms with Crippen LogP contribution in [-0.2, 0) is 0 Å². The third-order valence-corrected chi connectivity index (χ3v) is 14.5. The molecule has 0 atom stereocenters. The summed E-state index contributed by atoms with van der Waals surface area (Å²) in [4.78, 5) is 25.4. The van der Waals surface area contributed by atoms with Gasteiger partial charge >= 0.3 is 0 Å². The Hall–Kier alpha value is -7.65. The fraction of sp³-hybridized carbons (Fsp3) is 0. The number of thiophene rings is 2. The molecule has 0 aliphatic rings. The predicted octanol–water partition coefficient (Wildman–Crippen LogP) is 14.4. The molecule has 0 radical (unpaired) electrons. The van der Waals surface area contributed by atoms with Crippen LogP contribution in [0.15, 0.2) is 170 Å². The zero-order chi connectivity index (χ0) is 39.8. The first-order valence-corrected chi connectivity index (χ1v) is 21.9. The van der Waals surface area contributed by atoms with Crippen molar-refractivity contribution in [3.8, 4) is 45.6 Å². The Bertz CT molecular complexity index is 4120. The Kier molecular flexibility index (Phi) is 6.77. The fourth-order valence-corrected chi connectivity index (χ4v) is 11.8. The molecule has 14 aromatic rings. The molecular weight excluding hydrogens is 785 g/mol. The second kappa shape index (κ2) is 12.4. The van der Waals surface area contributed by atoms with E-state index in [1.165, 1.54) is 73.9 Å². The standard InChI is InChI=1S/C53H28N6S2/c1-3-21-41-35(12-1)47-38(18-9-23-43(47)60-41)51-56-50(57-53(58-51)52-54-28-44-48(55-52)36-13-2-4-22-42(36)61-44)31-26-24-29(25-27-31)32-14-8-20-40-46(32)37-17-7-16-34-33-15-5-10-30-11-6-19-39(45(30)33)59(40)49(34)37/h1-28H. The topological polar surface area (TPSA) is 68.9 Å². The highest BCUT2D eigenvalue weighted by Gasteiger charge is 2.22. The molecule has 8 aromatic carbocycles. The second-order valence-electron chi connectivity index (χ2n) is 15.6. The van der Waals surface area contributed by atoms with Crippen LogP contribution in [0.25, 0.3) is 135 Å². The second-order valence-corrected chi connectivity index (χ2v) is 17.8. The minimum atomic E-state index is 0.438. The van der Waals surface area contributed by atoms with Gasteiger partial charge in [0, 0.05) is 69.1 Å². The predicted molar refractivity (Wildman–Crippen MR) is 255 cm³/mol. The van der Waals surface area contributed by atoms with Crippen LogP contribution in [0.4, 0.5) is 0 Å². The van der Waals surface area contributed by atoms with Gasteiger partial charge in [-0.15, -0.1) is 22.7 Å². The molecule has 0 aliphatic heterocycles. The van der Waals surface area contributed by atoms with Crippen LogP contribution in [0.5, 0.6) is 0 Å². The van der Waals surface area contributed by atoms with E-state index in [1.807, 2.05) is 6.20 Å². The summed E-state index contributed by atoms with van der Waals surface area (Å²) in [7, 11) is 0. The number of pyridine rings is 1. The highest BCUT2D eigenvalue weighted by molar-refractivity contribution is 7.26. The van der Waals surface area contributed by atoms with E-state index in [0.29, 0.717) is 23.3 Å². The molecule has 6 nitrogen and oxygen atoms in total. The van der Waals surface area contributed by atoms with Gasteiger partial charge in [-0.25, -0.2) is 24.9 Å². The Labute approximate surface area is 355 Å². The van der Waals surface area contributed by atoms with E-state index in [0.717, 1.165) is 37.7 Å². The zero-order valence-electron chi connectivity index (χ0n) is 32.2. The van der Waals surface area contributed by atoms with E-state index in [1.54, 1.807) is 22.7 Å². The maximum absolute atomic E-state index is 5.23. The number of fused-ring (bicyclic) bond motifs is 11. The van der Waals surface area contributed by atoms with Gasteiger partial charge in [-0.05, 0) is 52.2 Å². The number of hydrogen-bond donors (Lipinski definition) is 0. The van der Waals surface area contributed by atoms with Crippen LogP contribution in [0, 0.1) is 0 Å². The largest absolute Gasteiger partial charge is 0.308 e. The van der Waals surface area contributed by atoms with E-state index in [4.69, 9.17) is 24.9 Å². The molecule has 0 N–H and O–H groups in total. The van der Waals surface area contributed by atoms with E-state index in [-0.39, 0.29) is 0 Å². The van der Waals surface area contributed by atoms with Gasteiger partial charge in [0.25, 0.3) is 0 Å². The summed E-state index contributed by atoms with van der Waals surface area (Å²) in [5, 5.41) is 11.0. The lowest BCUT2D eigenvalue weighted by atomic mass is 9.97. The van der Waals surface area contributed by atoms with Crippen LogP contribution in [0.3, 0.4) is 0 Å². The maximum atomic E-state index is 5.23. The fourth-order valence-electron chi connectivity index (χ4n) is 9.66. The van der Waals surface area contributed by atoms with Crippen LogP contribution in [0.2, 0.25) is 0 Å². The Morgan fingerprint density at radius 3 is 1.85 bits per heavy atom. The van der Waals surface area contributed by atoms with Crippen molar-refractivity contribution >= 4 is 112 Å². The number of nitrogens with zero attached hydrogens (tertiary/aromatic N) is 6. The SMILES string of the molecule is c1ccc2c(c1)sc1cnc(-c3nc(-c4ccc(-c5cccc6c5c5cccc7c8cccc9cccc(c98)n6c75)cc4)nc(-c4cccc5sc6ccccc6c45)n3)nc12. The van der Waals surface area contributed by atoms with E-state index in [9.17, 15) is 0 Å². The number of aromatic nitrogens is 6. The van der Waals surface area contributed by atoms with Crippen molar-refractivity contribution in [2.24, 2.45) is 0 Å². The molecule has 0 unspecified atom stereocenters. The first-order valence-electron chi connectivity index (χ1n) is 20.2. The van der Waals surface area contributed by atoms with Gasteiger partial charge in [0.05, 0.1) is 26.8 Å². The first-order chi connectivity index (χ1) is 30.2. The Morgan fingerprint density at radius 1 is 0.361 bits per heavy atom. The van der Waals surface area contributed by atoms with Crippen molar-refractivity contribution in [2.75, 3.05) is 0 Å². The van der Waals surface area contributed by atoms with Crippen molar-refractivity contribution in [1.29, 1.82) is 0 Å². The normalized spacial score (nSPS) is 12.3. The van der Waals surface area contributed by atoms with Gasteiger partial charge in [0.2, 0.25) is 5.82 Å². The van der Waals surface area contributed by atoms with Crippen LogP contribution < -0.4 is 0 Å². The molecule has 282 valence electrons. The molecule has 0 saturated carbocycles. The first kappa shape index (κ1) is 33.2. The maximum Gasteiger partial charge on any atom is 0.201 e. The van der Waals surface area contributed by atoms with Crippen molar-refractivity contribution in [3.05, 3.63) is 170 Å². The van der Waals surface area contributed by atoms with Crippen molar-refractivity contribution in [3.63, 3.8) is 0 Å². The van der Waals surface area contributed by atoms with Gasteiger partial charge < -0.3 is 4.40 Å². The van der Waals surface area contributed by atoms with Crippen molar-refractivity contribution in [2.45, 2.75) is 0 Å². The smallest absolute Gasteiger partial charge is 0.201 e. The summed E-state index contributed by atoms with van der Waals surface area (Å²) in [6.07, 6.45) is 1.90. The molecule has 14 rings (SSSR count). The average molecular weight is 813 g/mol. The van der Waals surface area contributed by atoms with Gasteiger partial charge in [0.1, 0.15) is 0 Å². The monoisotopic (exact) mass is 812 g/mol. The highest BCUT2D eigenvalue weighted by atomic mass is 32.1. The van der Waals surface area contributed by atoms with Gasteiger partial charge in [-0.2, -0.15) is 0 Å². The lowest BCUT2D eigenvalue weighted by Gasteiger charge is -2.12. The van der Waals surface area contributed by atoms with Crippen LogP contribution >= 0.6 is 22.7 Å². The van der Waals surface area contributed by atoms with E-state index >= 15 is 0 Å². The number of rotatable bonds is 4. The molecule has 0 spiro atoms. The summed E-state index contributed by atoms with van der Waals surface area (Å²) < 4.78 is 7.09. The van der Waals surface area contributed by atoms with E-state index < -0.39 is 0 Å². The Morgan fingerprint density at radius 2 is 0.967 bits per heavy atom. The number of para-hydroxylation sites is 1. The zero-order valence-corrected chi connectivity index (χ0v) is 33.8. The third kappa shape index (κ3) is 4.74. The van der Waals surface area contributed by atoms with Crippen molar-refractivity contribution in [1.82, 2.24) is 29.3 Å². The van der Waals surface area contributed by atoms with E-state index in [2.05, 4.69) is 168 Å². The lowest BCUT2D eigenvalue weighted by Crippen LogP contribution is -2.02. The summed E-state index contributed by atoms with van der Waals surface area (Å²) in [6.45, 7) is 0. The van der Waals surface area contributed by atoms with Crippen LogP contribution in [-0.4, -0.2) is 29.3 Å². The molecule has 0 amide bonds. The molecule has 6 heterocycles. The quantitative estimate of drug-likeness (QED) is 0.131. The molecule has 0 bridgehead atoms. The minimum Gasteiger partial charge on any atom is -0.308 e. The highest BCUT2D eigenvalue weighted by Crippen LogP contribution is 2.44. The van der Waals surface area contributed by atoms with Gasteiger partial charge in [-0.1, -0.05) is 133 Å². The molecule has 6 aromatic heterocycles. The van der Waals surface area contributed by atoms with Gasteiger partial charge in [0.15, 0.2) is 17.5 Å². The number of hydrogen-bond acceptors (Lipinski definition) is 7. The molecule has 0 saturated heterocycles. The summed E-state index contributed by atoms with van der Waals surface area (Å²) in [5.41, 5.74) is 8.72. The molecule has 8 heteroatoms. The summed E-state index contributed by atoms with van der Waals surface area (Å²) >= 11 is 3.48. The summed E-state index contributed by atoms with van der Waals surface area (Å²) in [5.74, 6) is 2.07. The third-order valence-electron chi connectivity index (χ3n) is 12.3. The average Bonchev–Trinajstić information content (AvgIpc) is 4.01. The Balaban J connectivity index is 0.964. The van der Waals surface area contributed by atoms with Crippen molar-refractivity contribution < 1.29 is 0 Å². The van der Waals surface area contributed by atoms with Gasteiger partial charge in [-0.3, -0.25) is 0 Å². The lowest BCUT2D eigenvalue weighted by molar-refractivity contribution is 1.04. The minimum absolute atomic E-state index is 0.438. The number of benzene rings is 8.